The Balaban J connectivity index is 1.35. The van der Waals surface area contributed by atoms with Gasteiger partial charge in [-0.25, -0.2) is 9.07 Å². The van der Waals surface area contributed by atoms with Gasteiger partial charge in [-0.2, -0.15) is 5.10 Å². The molecule has 8 heteroatoms. The Morgan fingerprint density at radius 1 is 0.914 bits per heavy atom. The van der Waals surface area contributed by atoms with Gasteiger partial charge in [0.05, 0.1) is 28.5 Å². The van der Waals surface area contributed by atoms with Gasteiger partial charge in [0.15, 0.2) is 0 Å². The molecule has 1 amide bonds. The minimum Gasteiger partial charge on any atom is -0.322 e. The number of nitrogens with one attached hydrogen (secondary N) is 1. The molecular weight excluding hydrogens is 461 g/mol. The van der Waals surface area contributed by atoms with Crippen LogP contribution in [0.15, 0.2) is 83.9 Å². The van der Waals surface area contributed by atoms with E-state index < -0.39 is 0 Å². The lowest BCUT2D eigenvalue weighted by molar-refractivity contribution is -0.113. The Bertz CT molecular complexity index is 1520. The first-order valence-electron chi connectivity index (χ1n) is 11.1. The Morgan fingerprint density at radius 3 is 2.34 bits per heavy atom. The molecule has 0 bridgehead atoms. The minimum absolute atomic E-state index is 0.151. The quantitative estimate of drug-likeness (QED) is 0.301. The highest BCUT2D eigenvalue weighted by atomic mass is 32.2. The van der Waals surface area contributed by atoms with Gasteiger partial charge in [0.25, 0.3) is 0 Å². The van der Waals surface area contributed by atoms with Crippen molar-refractivity contribution in [2.75, 3.05) is 11.1 Å². The zero-order valence-corrected chi connectivity index (χ0v) is 20.0. The van der Waals surface area contributed by atoms with Crippen molar-refractivity contribution < 1.29 is 9.18 Å². The van der Waals surface area contributed by atoms with Gasteiger partial charge in [-0.05, 0) is 50.2 Å². The van der Waals surface area contributed by atoms with E-state index in [0.29, 0.717) is 16.4 Å². The number of carbonyl (C=O) groups excluding carboxylic acids is 1. The maximum atomic E-state index is 13.4. The number of benzene rings is 3. The summed E-state index contributed by atoms with van der Waals surface area (Å²) < 4.78 is 15.2. The highest BCUT2D eigenvalue weighted by Crippen LogP contribution is 2.32. The molecule has 0 fully saturated rings. The molecule has 2 heterocycles. The molecular formula is C27H22FN5OS. The van der Waals surface area contributed by atoms with E-state index in [1.165, 1.54) is 23.9 Å². The fourth-order valence-corrected chi connectivity index (χ4v) is 4.73. The molecule has 0 aliphatic rings. The molecule has 1 N–H and O–H groups in total. The van der Waals surface area contributed by atoms with Crippen LogP contribution in [0.2, 0.25) is 0 Å². The van der Waals surface area contributed by atoms with Gasteiger partial charge < -0.3 is 5.32 Å². The summed E-state index contributed by atoms with van der Waals surface area (Å²) in [5.41, 5.74) is 4.72. The standard InChI is InChI=1S/C27H22FN5OS/c1-17-25(18(2)33(32-17)21-8-4-3-5-9-21)29-24(34)16-35-27-23-11-7-6-10-22(23)26(30-31-27)19-12-14-20(28)15-13-19/h3-15H,16H2,1-2H3,(H,29,34). The van der Waals surface area contributed by atoms with Crippen molar-refractivity contribution in [2.24, 2.45) is 0 Å². The van der Waals surface area contributed by atoms with E-state index in [4.69, 9.17) is 0 Å². The number of amides is 1. The second-order valence-corrected chi connectivity index (χ2v) is 9.00. The molecule has 0 atom stereocenters. The van der Waals surface area contributed by atoms with Gasteiger partial charge >= 0.3 is 0 Å². The van der Waals surface area contributed by atoms with Crippen LogP contribution < -0.4 is 5.32 Å². The number of aromatic nitrogens is 4. The average molecular weight is 484 g/mol. The van der Waals surface area contributed by atoms with Gasteiger partial charge in [0, 0.05) is 16.3 Å². The van der Waals surface area contributed by atoms with Gasteiger partial charge in [-0.1, -0.05) is 54.2 Å². The Labute approximate surface area is 206 Å². The van der Waals surface area contributed by atoms with Crippen LogP contribution >= 0.6 is 11.8 Å². The number of nitrogens with zero attached hydrogens (tertiary/aromatic N) is 4. The second kappa shape index (κ2) is 9.68. The largest absolute Gasteiger partial charge is 0.322 e. The zero-order valence-electron chi connectivity index (χ0n) is 19.2. The number of hydrogen-bond acceptors (Lipinski definition) is 5. The van der Waals surface area contributed by atoms with E-state index in [1.54, 1.807) is 12.1 Å². The minimum atomic E-state index is -0.302. The van der Waals surface area contributed by atoms with Gasteiger partial charge in [0.1, 0.15) is 16.5 Å². The predicted octanol–water partition coefficient (Wildman–Crippen LogP) is 5.97. The van der Waals surface area contributed by atoms with Crippen molar-refractivity contribution in [2.45, 2.75) is 18.9 Å². The summed E-state index contributed by atoms with van der Waals surface area (Å²) in [6.07, 6.45) is 0. The van der Waals surface area contributed by atoms with E-state index in [0.717, 1.165) is 33.4 Å². The molecule has 35 heavy (non-hydrogen) atoms. The second-order valence-electron chi connectivity index (χ2n) is 8.04. The van der Waals surface area contributed by atoms with E-state index >= 15 is 0 Å². The van der Waals surface area contributed by atoms with Crippen LogP contribution in [0.5, 0.6) is 0 Å². The summed E-state index contributed by atoms with van der Waals surface area (Å²) in [6.45, 7) is 3.81. The molecule has 3 aromatic carbocycles. The number of hydrogen-bond donors (Lipinski definition) is 1. The number of halogens is 1. The van der Waals surface area contributed by atoms with Crippen LogP contribution in [0.3, 0.4) is 0 Å². The summed E-state index contributed by atoms with van der Waals surface area (Å²) in [5, 5.41) is 18.8. The van der Waals surface area contributed by atoms with E-state index in [9.17, 15) is 9.18 Å². The molecule has 0 radical (unpaired) electrons. The van der Waals surface area contributed by atoms with Crippen LogP contribution in [0.25, 0.3) is 27.7 Å². The molecule has 5 aromatic rings. The molecule has 0 aliphatic heterocycles. The van der Waals surface area contributed by atoms with Crippen molar-refractivity contribution in [3.8, 4) is 16.9 Å². The molecule has 174 valence electrons. The maximum absolute atomic E-state index is 13.4. The van der Waals surface area contributed by atoms with Crippen LogP contribution in [-0.2, 0) is 4.79 Å². The van der Waals surface area contributed by atoms with Crippen molar-refractivity contribution in [1.29, 1.82) is 0 Å². The first-order valence-corrected chi connectivity index (χ1v) is 12.1. The Morgan fingerprint density at radius 2 is 1.60 bits per heavy atom. The predicted molar refractivity (Wildman–Crippen MR) is 137 cm³/mol. The SMILES string of the molecule is Cc1nn(-c2ccccc2)c(C)c1NC(=O)CSc1nnc(-c2ccc(F)cc2)c2ccccc12. The van der Waals surface area contributed by atoms with Crippen LogP contribution in [-0.4, -0.2) is 31.6 Å². The summed E-state index contributed by atoms with van der Waals surface area (Å²) in [7, 11) is 0. The third-order valence-electron chi connectivity index (χ3n) is 5.67. The summed E-state index contributed by atoms with van der Waals surface area (Å²) in [4.78, 5) is 12.8. The maximum Gasteiger partial charge on any atom is 0.234 e. The summed E-state index contributed by atoms with van der Waals surface area (Å²) >= 11 is 1.33. The number of thioether (sulfide) groups is 1. The zero-order chi connectivity index (χ0) is 24.4. The highest BCUT2D eigenvalue weighted by Gasteiger charge is 2.17. The third kappa shape index (κ3) is 4.65. The van der Waals surface area contributed by atoms with E-state index in [-0.39, 0.29) is 17.5 Å². The molecule has 0 saturated carbocycles. The number of anilines is 1. The van der Waals surface area contributed by atoms with Gasteiger partial charge in [-0.3, -0.25) is 4.79 Å². The smallest absolute Gasteiger partial charge is 0.234 e. The fourth-order valence-electron chi connectivity index (χ4n) is 3.96. The molecule has 2 aromatic heterocycles. The molecule has 0 aliphatic carbocycles. The first-order chi connectivity index (χ1) is 17.0. The van der Waals surface area contributed by atoms with Gasteiger partial charge in [-0.15, -0.1) is 10.2 Å². The normalized spacial score (nSPS) is 11.1. The van der Waals surface area contributed by atoms with Crippen molar-refractivity contribution in [1.82, 2.24) is 20.0 Å². The number of aryl methyl sites for hydroxylation is 1. The summed E-state index contributed by atoms with van der Waals surface area (Å²) in [6, 6.07) is 23.7. The van der Waals surface area contributed by atoms with Crippen LogP contribution in [0, 0.1) is 19.7 Å². The lowest BCUT2D eigenvalue weighted by atomic mass is 10.1. The van der Waals surface area contributed by atoms with E-state index in [1.807, 2.05) is 73.1 Å². The van der Waals surface area contributed by atoms with E-state index in [2.05, 4.69) is 20.6 Å². The Kier molecular flexibility index (Phi) is 6.29. The van der Waals surface area contributed by atoms with Crippen molar-refractivity contribution in [3.05, 3.63) is 96.1 Å². The number of carbonyl (C=O) groups is 1. The molecule has 0 unspecified atom stereocenters. The number of rotatable bonds is 6. The number of para-hydroxylation sites is 1. The molecule has 5 rings (SSSR count). The summed E-state index contributed by atoms with van der Waals surface area (Å²) in [5.74, 6) is -0.282. The Hall–Kier alpha value is -4.04. The van der Waals surface area contributed by atoms with Gasteiger partial charge in [0.2, 0.25) is 5.91 Å². The topological polar surface area (TPSA) is 72.7 Å². The van der Waals surface area contributed by atoms with Crippen molar-refractivity contribution >= 4 is 34.1 Å². The lowest BCUT2D eigenvalue weighted by Gasteiger charge is -2.10. The lowest BCUT2D eigenvalue weighted by Crippen LogP contribution is -2.15. The van der Waals surface area contributed by atoms with Crippen LogP contribution in [0.4, 0.5) is 10.1 Å². The van der Waals surface area contributed by atoms with Crippen molar-refractivity contribution in [3.63, 3.8) is 0 Å². The first kappa shape index (κ1) is 22.7. The van der Waals surface area contributed by atoms with Crippen LogP contribution in [0.1, 0.15) is 11.4 Å². The highest BCUT2D eigenvalue weighted by molar-refractivity contribution is 8.00. The molecule has 0 saturated heterocycles. The monoisotopic (exact) mass is 483 g/mol. The third-order valence-corrected chi connectivity index (χ3v) is 6.65. The molecule has 0 spiro atoms. The molecule has 6 nitrogen and oxygen atoms in total. The fraction of sp³-hybridized carbons (Fsp3) is 0.111. The number of fused-ring (bicyclic) bond motifs is 1. The average Bonchev–Trinajstić information content (AvgIpc) is 3.16.